The Labute approximate surface area is 108 Å². The molecule has 1 fully saturated rings. The van der Waals surface area contributed by atoms with Gasteiger partial charge in [-0.05, 0) is 32.1 Å². The zero-order valence-corrected chi connectivity index (χ0v) is 12.7. The fourth-order valence-electron chi connectivity index (χ4n) is 2.92. The minimum atomic E-state index is 0.683. The van der Waals surface area contributed by atoms with E-state index in [2.05, 4.69) is 51.8 Å². The highest BCUT2D eigenvalue weighted by atomic mass is 15.2. The van der Waals surface area contributed by atoms with E-state index in [1.807, 2.05) is 0 Å². The molecule has 0 aromatic rings. The van der Waals surface area contributed by atoms with Crippen molar-refractivity contribution in [2.45, 2.75) is 72.5 Å². The summed E-state index contributed by atoms with van der Waals surface area (Å²) in [6.07, 6.45) is 2.59. The maximum absolute atomic E-state index is 3.70. The van der Waals surface area contributed by atoms with Gasteiger partial charge in [0, 0.05) is 31.2 Å². The summed E-state index contributed by atoms with van der Waals surface area (Å²) in [5, 5.41) is 3.70. The molecule has 0 aliphatic carbocycles. The lowest BCUT2D eigenvalue weighted by molar-refractivity contribution is 0.0662. The van der Waals surface area contributed by atoms with Crippen LogP contribution in [0.5, 0.6) is 0 Å². The van der Waals surface area contributed by atoms with Crippen LogP contribution in [0.25, 0.3) is 0 Å². The zero-order chi connectivity index (χ0) is 13.0. The predicted octanol–water partition coefficient (Wildman–Crippen LogP) is 3.13. The SMILES string of the molecule is CCC(C)C(C)N1CC(CC(C)C)NCC1C. The third kappa shape index (κ3) is 4.26. The first kappa shape index (κ1) is 15.0. The van der Waals surface area contributed by atoms with E-state index in [1.165, 1.54) is 19.4 Å². The van der Waals surface area contributed by atoms with Crippen LogP contribution in [0.1, 0.15) is 54.4 Å². The van der Waals surface area contributed by atoms with Gasteiger partial charge in [-0.1, -0.05) is 34.1 Å². The Morgan fingerprint density at radius 3 is 2.41 bits per heavy atom. The molecule has 1 heterocycles. The van der Waals surface area contributed by atoms with Crippen molar-refractivity contribution in [3.05, 3.63) is 0 Å². The van der Waals surface area contributed by atoms with E-state index in [-0.39, 0.29) is 0 Å². The molecule has 1 aliphatic rings. The standard InChI is InChI=1S/C15H32N2/c1-7-12(4)14(6)17-10-15(8-11(2)3)16-9-13(17)5/h11-16H,7-10H2,1-6H3. The Kier molecular flexibility index (Phi) is 5.94. The van der Waals surface area contributed by atoms with Crippen molar-refractivity contribution >= 4 is 0 Å². The quantitative estimate of drug-likeness (QED) is 0.794. The lowest BCUT2D eigenvalue weighted by atomic mass is 9.94. The minimum absolute atomic E-state index is 0.683. The summed E-state index contributed by atoms with van der Waals surface area (Å²) in [4.78, 5) is 2.72. The molecule has 0 saturated carbocycles. The average molecular weight is 240 g/mol. The average Bonchev–Trinajstić information content (AvgIpc) is 2.29. The van der Waals surface area contributed by atoms with E-state index in [0.717, 1.165) is 18.4 Å². The second kappa shape index (κ2) is 6.75. The van der Waals surface area contributed by atoms with Gasteiger partial charge in [0.05, 0.1) is 0 Å². The van der Waals surface area contributed by atoms with Crippen LogP contribution in [0.4, 0.5) is 0 Å². The first-order valence-electron chi connectivity index (χ1n) is 7.44. The van der Waals surface area contributed by atoms with Crippen LogP contribution in [-0.2, 0) is 0 Å². The third-order valence-corrected chi connectivity index (χ3v) is 4.45. The molecule has 0 aromatic heterocycles. The molecule has 0 aromatic carbocycles. The highest BCUT2D eigenvalue weighted by molar-refractivity contribution is 4.88. The van der Waals surface area contributed by atoms with Gasteiger partial charge in [-0.3, -0.25) is 4.90 Å². The maximum Gasteiger partial charge on any atom is 0.0198 e. The second-order valence-electron chi connectivity index (χ2n) is 6.41. The van der Waals surface area contributed by atoms with Crippen LogP contribution >= 0.6 is 0 Å². The first-order chi connectivity index (χ1) is 7.95. The number of hydrogen-bond acceptors (Lipinski definition) is 2. The number of rotatable bonds is 5. The molecule has 1 N–H and O–H groups in total. The summed E-state index contributed by atoms with van der Waals surface area (Å²) >= 11 is 0. The lowest BCUT2D eigenvalue weighted by Gasteiger charge is -2.44. The predicted molar refractivity (Wildman–Crippen MR) is 76.3 cm³/mol. The van der Waals surface area contributed by atoms with Gasteiger partial charge in [0.25, 0.3) is 0 Å². The van der Waals surface area contributed by atoms with Crippen molar-refractivity contribution in [1.29, 1.82) is 0 Å². The van der Waals surface area contributed by atoms with Crippen LogP contribution in [-0.4, -0.2) is 36.1 Å². The van der Waals surface area contributed by atoms with E-state index >= 15 is 0 Å². The largest absolute Gasteiger partial charge is 0.311 e. The molecule has 4 unspecified atom stereocenters. The van der Waals surface area contributed by atoms with Crippen LogP contribution in [0, 0.1) is 11.8 Å². The topological polar surface area (TPSA) is 15.3 Å². The molecule has 1 aliphatic heterocycles. The van der Waals surface area contributed by atoms with E-state index < -0.39 is 0 Å². The van der Waals surface area contributed by atoms with E-state index in [9.17, 15) is 0 Å². The van der Waals surface area contributed by atoms with Crippen molar-refractivity contribution in [3.63, 3.8) is 0 Å². The molecule has 1 saturated heterocycles. The van der Waals surface area contributed by atoms with Crippen molar-refractivity contribution in [3.8, 4) is 0 Å². The van der Waals surface area contributed by atoms with Gasteiger partial charge in [0.15, 0.2) is 0 Å². The van der Waals surface area contributed by atoms with Gasteiger partial charge in [-0.2, -0.15) is 0 Å². The number of nitrogens with one attached hydrogen (secondary N) is 1. The molecule has 17 heavy (non-hydrogen) atoms. The summed E-state index contributed by atoms with van der Waals surface area (Å²) in [5.41, 5.74) is 0. The summed E-state index contributed by atoms with van der Waals surface area (Å²) in [6, 6.07) is 2.09. The Morgan fingerprint density at radius 1 is 1.24 bits per heavy atom. The van der Waals surface area contributed by atoms with E-state index in [1.54, 1.807) is 0 Å². The Hall–Kier alpha value is -0.0800. The molecule has 2 nitrogen and oxygen atoms in total. The molecule has 4 atom stereocenters. The number of piperazine rings is 1. The van der Waals surface area contributed by atoms with Gasteiger partial charge < -0.3 is 5.32 Å². The molecule has 2 heteroatoms. The maximum atomic E-state index is 3.70. The molecule has 0 radical (unpaired) electrons. The summed E-state index contributed by atoms with van der Waals surface area (Å²) in [5.74, 6) is 1.59. The van der Waals surface area contributed by atoms with Gasteiger partial charge in [-0.25, -0.2) is 0 Å². The molecule has 1 rings (SSSR count). The summed E-state index contributed by atoms with van der Waals surface area (Å²) in [7, 11) is 0. The number of nitrogens with zero attached hydrogens (tertiary/aromatic N) is 1. The van der Waals surface area contributed by atoms with E-state index in [0.29, 0.717) is 18.1 Å². The van der Waals surface area contributed by atoms with Gasteiger partial charge in [-0.15, -0.1) is 0 Å². The minimum Gasteiger partial charge on any atom is -0.311 e. The molecule has 102 valence electrons. The van der Waals surface area contributed by atoms with E-state index in [4.69, 9.17) is 0 Å². The Balaban J connectivity index is 2.56. The highest BCUT2D eigenvalue weighted by Gasteiger charge is 2.30. The normalized spacial score (nSPS) is 30.5. The smallest absolute Gasteiger partial charge is 0.0198 e. The first-order valence-corrected chi connectivity index (χ1v) is 7.44. The Morgan fingerprint density at radius 2 is 1.88 bits per heavy atom. The van der Waals surface area contributed by atoms with Gasteiger partial charge in [0.2, 0.25) is 0 Å². The zero-order valence-electron chi connectivity index (χ0n) is 12.7. The Bertz CT molecular complexity index is 215. The molecule has 0 bridgehead atoms. The fraction of sp³-hybridized carbons (Fsp3) is 1.00. The molecular formula is C15H32N2. The van der Waals surface area contributed by atoms with Crippen molar-refractivity contribution in [2.24, 2.45) is 11.8 Å². The van der Waals surface area contributed by atoms with Crippen LogP contribution in [0.15, 0.2) is 0 Å². The van der Waals surface area contributed by atoms with Crippen molar-refractivity contribution < 1.29 is 0 Å². The summed E-state index contributed by atoms with van der Waals surface area (Å²) < 4.78 is 0. The van der Waals surface area contributed by atoms with Crippen molar-refractivity contribution in [1.82, 2.24) is 10.2 Å². The van der Waals surface area contributed by atoms with Gasteiger partial charge >= 0.3 is 0 Å². The third-order valence-electron chi connectivity index (χ3n) is 4.45. The number of hydrogen-bond donors (Lipinski definition) is 1. The van der Waals surface area contributed by atoms with Crippen LogP contribution in [0.3, 0.4) is 0 Å². The van der Waals surface area contributed by atoms with Crippen LogP contribution in [0.2, 0.25) is 0 Å². The molecular weight excluding hydrogens is 208 g/mol. The lowest BCUT2D eigenvalue weighted by Crippen LogP contribution is -2.59. The fourth-order valence-corrected chi connectivity index (χ4v) is 2.92. The van der Waals surface area contributed by atoms with Gasteiger partial charge in [0.1, 0.15) is 0 Å². The highest BCUT2D eigenvalue weighted by Crippen LogP contribution is 2.21. The van der Waals surface area contributed by atoms with Crippen LogP contribution < -0.4 is 5.32 Å². The molecule has 0 amide bonds. The van der Waals surface area contributed by atoms with Crippen molar-refractivity contribution in [2.75, 3.05) is 13.1 Å². The molecule has 0 spiro atoms. The summed E-state index contributed by atoms with van der Waals surface area (Å²) in [6.45, 7) is 16.5. The monoisotopic (exact) mass is 240 g/mol. The second-order valence-corrected chi connectivity index (χ2v) is 6.41.